The minimum absolute atomic E-state index is 0. The van der Waals surface area contributed by atoms with Crippen LogP contribution in [0.2, 0.25) is 5.02 Å². The zero-order valence-corrected chi connectivity index (χ0v) is 19.2. The zero-order valence-electron chi connectivity index (χ0n) is 14.7. The fourth-order valence-corrected chi connectivity index (χ4v) is 2.09. The molecule has 1 amide bonds. The van der Waals surface area contributed by atoms with E-state index in [1.165, 1.54) is 7.11 Å². The summed E-state index contributed by atoms with van der Waals surface area (Å²) in [6.07, 6.45) is -0.0461. The molecule has 0 aromatic heterocycles. The summed E-state index contributed by atoms with van der Waals surface area (Å²) in [5.74, 6) is 0.265. The average molecular weight is 400 g/mol. The Morgan fingerprint density at radius 2 is 2.04 bits per heavy atom. The largest absolute Gasteiger partial charge is 1.00 e. The summed E-state index contributed by atoms with van der Waals surface area (Å²) in [4.78, 5) is 14.4. The van der Waals surface area contributed by atoms with Crippen LogP contribution < -0.4 is 45.3 Å². The van der Waals surface area contributed by atoms with Gasteiger partial charge in [-0.1, -0.05) is 31.1 Å². The van der Waals surface area contributed by atoms with Crippen molar-refractivity contribution in [3.63, 3.8) is 0 Å². The third-order valence-electron chi connectivity index (χ3n) is 3.04. The van der Waals surface area contributed by atoms with Crippen molar-refractivity contribution in [2.24, 2.45) is 5.73 Å². The number of rotatable bonds is 6. The Bertz CT molecular complexity index is 527. The number of thiol groups is 1. The topological polar surface area (TPSA) is 67.6 Å². The van der Waals surface area contributed by atoms with Crippen molar-refractivity contribution >= 4 is 46.7 Å². The summed E-state index contributed by atoms with van der Waals surface area (Å²) >= 11 is 13.5. The van der Waals surface area contributed by atoms with Crippen LogP contribution in [0.25, 0.3) is 0 Å². The second-order valence-corrected chi connectivity index (χ2v) is 6.10. The molecular formula is C15H23ClN3NaO2S2. The molecule has 0 spiro atoms. The molecule has 0 heterocycles. The van der Waals surface area contributed by atoms with Gasteiger partial charge in [-0.2, -0.15) is 6.07 Å². The van der Waals surface area contributed by atoms with Crippen LogP contribution >= 0.6 is 36.4 Å². The minimum atomic E-state index is -0.202. The number of amides is 1. The number of carbonyl (C=O) groups is 1. The molecule has 0 bridgehead atoms. The van der Waals surface area contributed by atoms with Crippen LogP contribution in [0.4, 0.5) is 0 Å². The first kappa shape index (κ1) is 26.2. The molecule has 0 aliphatic heterocycles. The van der Waals surface area contributed by atoms with Crippen molar-refractivity contribution in [3.8, 4) is 5.75 Å². The maximum atomic E-state index is 12.2. The number of ether oxygens (including phenoxy) is 1. The normalized spacial score (nSPS) is 10.8. The molecule has 1 rings (SSSR count). The molecule has 130 valence electrons. The van der Waals surface area contributed by atoms with Crippen LogP contribution in [0.3, 0.4) is 0 Å². The Balaban J connectivity index is 0. The summed E-state index contributed by atoms with van der Waals surface area (Å²) in [5.41, 5.74) is 5.13. The number of hydrogen-bond acceptors (Lipinski definition) is 4. The molecule has 1 atom stereocenters. The van der Waals surface area contributed by atoms with E-state index in [9.17, 15) is 4.79 Å². The Kier molecular flexibility index (Phi) is 15.5. The Morgan fingerprint density at radius 3 is 2.46 bits per heavy atom. The first-order valence-electron chi connectivity index (χ1n) is 7.05. The molecule has 9 heteroatoms. The van der Waals surface area contributed by atoms with Gasteiger partial charge in [-0.25, -0.2) is 0 Å². The van der Waals surface area contributed by atoms with Gasteiger partial charge in [-0.05, 0) is 25.6 Å². The van der Waals surface area contributed by atoms with Gasteiger partial charge in [0, 0.05) is 5.75 Å². The zero-order chi connectivity index (χ0) is 18.0. The molecule has 1 aromatic rings. The summed E-state index contributed by atoms with van der Waals surface area (Å²) in [5, 5.41) is 3.32. The summed E-state index contributed by atoms with van der Waals surface area (Å²) < 4.78 is 5.35. The first-order chi connectivity index (χ1) is 10.8. The quantitative estimate of drug-likeness (QED) is 0.202. The summed E-state index contributed by atoms with van der Waals surface area (Å²) in [7, 11) is 1.52. The summed E-state index contributed by atoms with van der Waals surface area (Å²) in [6, 6.07) is 5.92. The molecule has 0 aliphatic carbocycles. The first-order valence-corrected chi connectivity index (χ1v) is 8.28. The Labute approximate surface area is 182 Å². The average Bonchev–Trinajstić information content (AvgIpc) is 2.47. The predicted octanol–water partition coefficient (Wildman–Crippen LogP) is -0.270. The SMILES string of the molecule is CCN(CC)C(C)NC(=O)c1cc(Cl)[c-]cc1OC.NC(=S)S.[Na+]. The number of nitrogens with two attached hydrogens (primary N) is 1. The van der Waals surface area contributed by atoms with Crippen LogP contribution in [0.15, 0.2) is 12.1 Å². The van der Waals surface area contributed by atoms with Crippen LogP contribution in [0.1, 0.15) is 31.1 Å². The van der Waals surface area contributed by atoms with Crippen molar-refractivity contribution < 1.29 is 39.1 Å². The van der Waals surface area contributed by atoms with Gasteiger partial charge in [0.05, 0.1) is 13.3 Å². The molecule has 0 fully saturated rings. The molecule has 1 unspecified atom stereocenters. The smallest absolute Gasteiger partial charge is 0.553 e. The molecule has 0 saturated carbocycles. The Hall–Kier alpha value is -0.0200. The van der Waals surface area contributed by atoms with E-state index in [2.05, 4.69) is 55.0 Å². The second-order valence-electron chi connectivity index (χ2n) is 4.47. The van der Waals surface area contributed by atoms with Crippen LogP contribution in [-0.4, -0.2) is 41.5 Å². The van der Waals surface area contributed by atoms with Gasteiger partial charge in [0.15, 0.2) is 0 Å². The third kappa shape index (κ3) is 10.1. The van der Waals surface area contributed by atoms with Gasteiger partial charge in [0.1, 0.15) is 4.32 Å². The number of nitrogens with zero attached hydrogens (tertiary/aromatic N) is 1. The predicted molar refractivity (Wildman–Crippen MR) is 102 cm³/mol. The monoisotopic (exact) mass is 399 g/mol. The van der Waals surface area contributed by atoms with Gasteiger partial charge in [-0.15, -0.1) is 36.4 Å². The molecule has 5 nitrogen and oxygen atoms in total. The van der Waals surface area contributed by atoms with Crippen molar-refractivity contribution in [1.82, 2.24) is 10.2 Å². The third-order valence-corrected chi connectivity index (χ3v) is 3.26. The summed E-state index contributed by atoms with van der Waals surface area (Å²) in [6.45, 7) is 7.81. The van der Waals surface area contributed by atoms with E-state index in [4.69, 9.17) is 22.1 Å². The molecule has 0 radical (unpaired) electrons. The van der Waals surface area contributed by atoms with Crippen molar-refractivity contribution in [2.75, 3.05) is 20.2 Å². The maximum absolute atomic E-state index is 12.2. The standard InChI is InChI=1S/C14H20ClN2O2.CH3NS2.Na/c1-5-17(6-2)10(3)16-14(18)12-9-11(15)7-8-13(12)19-4;2-1(3)4;/h8-10H,5-6H2,1-4H3,(H,16,18);(H3,2,3,4);/q-1;;+1. The van der Waals surface area contributed by atoms with E-state index in [-0.39, 0.29) is 46.0 Å². The van der Waals surface area contributed by atoms with E-state index in [1.807, 2.05) is 6.92 Å². The van der Waals surface area contributed by atoms with Gasteiger partial charge in [-0.3, -0.25) is 9.69 Å². The molecule has 1 aromatic carbocycles. The number of halogens is 1. The molecule has 0 aliphatic rings. The van der Waals surface area contributed by atoms with Gasteiger partial charge in [0.25, 0.3) is 0 Å². The fraction of sp³-hybridized carbons (Fsp3) is 0.467. The number of nitrogens with one attached hydrogen (secondary N) is 1. The van der Waals surface area contributed by atoms with Gasteiger partial charge < -0.3 is 15.8 Å². The maximum Gasteiger partial charge on any atom is 1.00 e. The number of methoxy groups -OCH3 is 1. The fourth-order valence-electron chi connectivity index (χ4n) is 1.93. The van der Waals surface area contributed by atoms with Crippen LogP contribution in [0.5, 0.6) is 5.75 Å². The van der Waals surface area contributed by atoms with Crippen molar-refractivity contribution in [3.05, 3.63) is 28.8 Å². The number of hydrogen-bond donors (Lipinski definition) is 3. The number of carbonyl (C=O) groups excluding carboxylic acids is 1. The minimum Gasteiger partial charge on any atom is -0.553 e. The van der Waals surface area contributed by atoms with Crippen LogP contribution in [-0.2, 0) is 0 Å². The van der Waals surface area contributed by atoms with E-state index in [0.29, 0.717) is 16.3 Å². The number of thiocarbonyl (C=S) groups is 1. The van der Waals surface area contributed by atoms with Crippen LogP contribution in [0, 0.1) is 6.07 Å². The van der Waals surface area contributed by atoms with E-state index >= 15 is 0 Å². The van der Waals surface area contributed by atoms with Crippen molar-refractivity contribution in [1.29, 1.82) is 0 Å². The molecule has 0 saturated heterocycles. The molecular weight excluding hydrogens is 377 g/mol. The van der Waals surface area contributed by atoms with E-state index < -0.39 is 0 Å². The van der Waals surface area contributed by atoms with E-state index in [1.54, 1.807) is 12.1 Å². The van der Waals surface area contributed by atoms with E-state index in [0.717, 1.165) is 13.1 Å². The number of benzene rings is 1. The van der Waals surface area contributed by atoms with Gasteiger partial charge in [0.2, 0.25) is 5.91 Å². The molecule has 24 heavy (non-hydrogen) atoms. The Morgan fingerprint density at radius 1 is 1.54 bits per heavy atom. The second kappa shape index (κ2) is 14.2. The van der Waals surface area contributed by atoms with Gasteiger partial charge >= 0.3 is 29.6 Å². The molecule has 3 N–H and O–H groups in total. The van der Waals surface area contributed by atoms with Crippen molar-refractivity contribution in [2.45, 2.75) is 26.9 Å².